The van der Waals surface area contributed by atoms with Crippen LogP contribution in [0.1, 0.15) is 12.6 Å². The van der Waals surface area contributed by atoms with Gasteiger partial charge in [0.2, 0.25) is 0 Å². The maximum atomic E-state index is 8.50. The molecule has 1 rings (SSSR count). The van der Waals surface area contributed by atoms with Crippen LogP contribution in [0.15, 0.2) is 6.20 Å². The van der Waals surface area contributed by atoms with E-state index in [1.807, 2.05) is 19.2 Å². The molecule has 0 atom stereocenters. The Balaban J connectivity index is 3.07. The molecule has 0 saturated heterocycles. The minimum atomic E-state index is 0.516. The monoisotopic (exact) mass is 247 g/mol. The lowest BCUT2D eigenvalue weighted by Crippen LogP contribution is -1.93. The third-order valence-electron chi connectivity index (χ3n) is 1.15. The number of aromatic nitrogens is 2. The van der Waals surface area contributed by atoms with Gasteiger partial charge in [0.05, 0.1) is 3.57 Å². The van der Waals surface area contributed by atoms with E-state index in [4.69, 9.17) is 5.26 Å². The van der Waals surface area contributed by atoms with E-state index in [-0.39, 0.29) is 0 Å². The second-order valence-corrected chi connectivity index (χ2v) is 2.96. The highest BCUT2D eigenvalue weighted by Gasteiger charge is 2.02. The minimum absolute atomic E-state index is 0.516. The van der Waals surface area contributed by atoms with Crippen molar-refractivity contribution in [3.63, 3.8) is 0 Å². The Labute approximate surface area is 72.8 Å². The molecule has 0 bridgehead atoms. The van der Waals surface area contributed by atoms with Crippen LogP contribution in [-0.4, -0.2) is 9.78 Å². The lowest BCUT2D eigenvalue weighted by atomic mass is 10.5. The molecular formula is C6H6IN3. The van der Waals surface area contributed by atoms with Crippen LogP contribution in [0, 0.1) is 14.9 Å². The quantitative estimate of drug-likeness (QED) is 0.703. The SMILES string of the molecule is CCn1cc(I)c(C#N)n1. The van der Waals surface area contributed by atoms with E-state index < -0.39 is 0 Å². The van der Waals surface area contributed by atoms with Crippen LogP contribution in [0.2, 0.25) is 0 Å². The van der Waals surface area contributed by atoms with Gasteiger partial charge in [0, 0.05) is 12.7 Å². The third-order valence-corrected chi connectivity index (χ3v) is 1.94. The fourth-order valence-electron chi connectivity index (χ4n) is 0.635. The molecule has 0 unspecified atom stereocenters. The zero-order valence-electron chi connectivity index (χ0n) is 5.50. The Bertz CT molecular complexity index is 271. The van der Waals surface area contributed by atoms with Crippen molar-refractivity contribution in [2.45, 2.75) is 13.5 Å². The standard InChI is InChI=1S/C6H6IN3/c1-2-10-4-5(7)6(3-8)9-10/h4H,2H2,1H3. The number of nitrogens with zero attached hydrogens (tertiary/aromatic N) is 3. The summed E-state index contributed by atoms with van der Waals surface area (Å²) in [6.07, 6.45) is 1.86. The number of hydrogen-bond donors (Lipinski definition) is 0. The molecule has 0 spiro atoms. The van der Waals surface area contributed by atoms with Crippen LogP contribution < -0.4 is 0 Å². The summed E-state index contributed by atoms with van der Waals surface area (Å²) >= 11 is 2.10. The summed E-state index contributed by atoms with van der Waals surface area (Å²) in [6, 6.07) is 2.01. The molecule has 0 saturated carbocycles. The average Bonchev–Trinajstić information content (AvgIpc) is 2.30. The lowest BCUT2D eigenvalue weighted by molar-refractivity contribution is 0.657. The molecule has 0 N–H and O–H groups in total. The number of aryl methyl sites for hydroxylation is 1. The predicted molar refractivity (Wildman–Crippen MR) is 45.3 cm³/mol. The Morgan fingerprint density at radius 3 is 2.90 bits per heavy atom. The Morgan fingerprint density at radius 2 is 2.60 bits per heavy atom. The fraction of sp³-hybridized carbons (Fsp3) is 0.333. The van der Waals surface area contributed by atoms with E-state index in [1.165, 1.54) is 0 Å². The van der Waals surface area contributed by atoms with Crippen molar-refractivity contribution in [3.05, 3.63) is 15.5 Å². The zero-order valence-corrected chi connectivity index (χ0v) is 7.66. The molecule has 4 heteroatoms. The molecule has 10 heavy (non-hydrogen) atoms. The summed E-state index contributed by atoms with van der Waals surface area (Å²) in [5, 5.41) is 12.5. The van der Waals surface area contributed by atoms with Crippen molar-refractivity contribution in [2.75, 3.05) is 0 Å². The number of halogens is 1. The van der Waals surface area contributed by atoms with Gasteiger partial charge in [-0.25, -0.2) is 0 Å². The van der Waals surface area contributed by atoms with Crippen LogP contribution in [0.4, 0.5) is 0 Å². The van der Waals surface area contributed by atoms with Gasteiger partial charge in [-0.15, -0.1) is 0 Å². The molecule has 52 valence electrons. The van der Waals surface area contributed by atoms with Gasteiger partial charge in [0.15, 0.2) is 5.69 Å². The maximum absolute atomic E-state index is 8.50. The minimum Gasteiger partial charge on any atom is -0.271 e. The smallest absolute Gasteiger partial charge is 0.175 e. The summed E-state index contributed by atoms with van der Waals surface area (Å²) in [7, 11) is 0. The van der Waals surface area contributed by atoms with Gasteiger partial charge in [0.25, 0.3) is 0 Å². The highest BCUT2D eigenvalue weighted by molar-refractivity contribution is 14.1. The molecule has 0 aliphatic heterocycles. The Hall–Kier alpha value is -0.570. The van der Waals surface area contributed by atoms with Gasteiger partial charge in [-0.05, 0) is 29.5 Å². The first-order valence-electron chi connectivity index (χ1n) is 2.91. The van der Waals surface area contributed by atoms with E-state index in [1.54, 1.807) is 4.68 Å². The summed E-state index contributed by atoms with van der Waals surface area (Å²) in [5.41, 5.74) is 0.516. The van der Waals surface area contributed by atoms with E-state index >= 15 is 0 Å². The van der Waals surface area contributed by atoms with Crippen LogP contribution in [-0.2, 0) is 6.54 Å². The number of hydrogen-bond acceptors (Lipinski definition) is 2. The van der Waals surface area contributed by atoms with Crippen LogP contribution in [0.5, 0.6) is 0 Å². The second kappa shape index (κ2) is 3.01. The predicted octanol–water partition coefficient (Wildman–Crippen LogP) is 1.38. The lowest BCUT2D eigenvalue weighted by Gasteiger charge is -1.88. The largest absolute Gasteiger partial charge is 0.271 e. The van der Waals surface area contributed by atoms with Crippen LogP contribution in [0.3, 0.4) is 0 Å². The van der Waals surface area contributed by atoms with Crippen molar-refractivity contribution in [2.24, 2.45) is 0 Å². The topological polar surface area (TPSA) is 41.6 Å². The van der Waals surface area contributed by atoms with Crippen molar-refractivity contribution in [3.8, 4) is 6.07 Å². The van der Waals surface area contributed by atoms with Crippen molar-refractivity contribution < 1.29 is 0 Å². The molecule has 1 aromatic heterocycles. The number of nitriles is 1. The first kappa shape index (κ1) is 7.54. The van der Waals surface area contributed by atoms with E-state index in [0.29, 0.717) is 5.69 Å². The van der Waals surface area contributed by atoms with Crippen LogP contribution >= 0.6 is 22.6 Å². The summed E-state index contributed by atoms with van der Waals surface area (Å²) in [5.74, 6) is 0. The first-order chi connectivity index (χ1) is 4.77. The van der Waals surface area contributed by atoms with Gasteiger partial charge < -0.3 is 0 Å². The molecule has 3 nitrogen and oxygen atoms in total. The van der Waals surface area contributed by atoms with Crippen molar-refractivity contribution in [1.82, 2.24) is 9.78 Å². The third kappa shape index (κ3) is 1.29. The number of rotatable bonds is 1. The van der Waals surface area contributed by atoms with Gasteiger partial charge in [-0.3, -0.25) is 4.68 Å². The van der Waals surface area contributed by atoms with Gasteiger partial charge >= 0.3 is 0 Å². The van der Waals surface area contributed by atoms with Crippen LogP contribution in [0.25, 0.3) is 0 Å². The second-order valence-electron chi connectivity index (χ2n) is 1.79. The average molecular weight is 247 g/mol. The maximum Gasteiger partial charge on any atom is 0.175 e. The van der Waals surface area contributed by atoms with Gasteiger partial charge in [-0.2, -0.15) is 10.4 Å². The molecule has 0 radical (unpaired) electrons. The Kier molecular flexibility index (Phi) is 2.27. The molecule has 0 fully saturated rings. The highest BCUT2D eigenvalue weighted by atomic mass is 127. The first-order valence-corrected chi connectivity index (χ1v) is 3.99. The molecule has 0 aliphatic rings. The summed E-state index contributed by atoms with van der Waals surface area (Å²) in [6.45, 7) is 2.81. The summed E-state index contributed by atoms with van der Waals surface area (Å²) in [4.78, 5) is 0. The fourth-order valence-corrected chi connectivity index (χ4v) is 1.18. The Morgan fingerprint density at radius 1 is 1.90 bits per heavy atom. The summed E-state index contributed by atoms with van der Waals surface area (Å²) < 4.78 is 2.67. The molecule has 1 aromatic rings. The van der Waals surface area contributed by atoms with E-state index in [0.717, 1.165) is 10.1 Å². The van der Waals surface area contributed by atoms with Gasteiger partial charge in [-0.1, -0.05) is 0 Å². The molecule has 0 aliphatic carbocycles. The molecule has 0 amide bonds. The van der Waals surface area contributed by atoms with Crippen molar-refractivity contribution >= 4 is 22.6 Å². The normalized spacial score (nSPS) is 9.30. The van der Waals surface area contributed by atoms with E-state index in [2.05, 4.69) is 27.7 Å². The van der Waals surface area contributed by atoms with E-state index in [9.17, 15) is 0 Å². The zero-order chi connectivity index (χ0) is 7.56. The van der Waals surface area contributed by atoms with Crippen molar-refractivity contribution in [1.29, 1.82) is 5.26 Å². The molecule has 1 heterocycles. The highest BCUT2D eigenvalue weighted by Crippen LogP contribution is 2.07. The van der Waals surface area contributed by atoms with Gasteiger partial charge in [0.1, 0.15) is 6.07 Å². The molecular weight excluding hydrogens is 241 g/mol. The molecule has 0 aromatic carbocycles.